The van der Waals surface area contributed by atoms with Crippen molar-refractivity contribution in [2.75, 3.05) is 39.8 Å². The molecule has 3 aromatic carbocycles. The number of methoxy groups -OCH3 is 3. The van der Waals surface area contributed by atoms with E-state index in [9.17, 15) is 9.59 Å². The van der Waals surface area contributed by atoms with E-state index < -0.39 is 12.0 Å². The number of hydrogen-bond acceptors (Lipinski definition) is 6. The molecule has 1 aliphatic heterocycles. The van der Waals surface area contributed by atoms with Crippen LogP contribution in [-0.4, -0.2) is 51.4 Å². The molecule has 0 saturated carbocycles. The first-order valence-corrected chi connectivity index (χ1v) is 11.7. The number of urea groups is 1. The van der Waals surface area contributed by atoms with E-state index in [0.717, 1.165) is 11.1 Å². The monoisotopic (exact) mass is 510 g/mol. The Labute approximate surface area is 214 Å². The lowest BCUT2D eigenvalue weighted by Crippen LogP contribution is -2.44. The standard InChI is InChI=1S/C27H27ClN2O6/c1-33-24-13-18-11-12-30(27(32)29-20-6-4-5-19(28)14-20)23(22(18)15-25(24)34-2)16-36-21-9-7-17(8-10-21)26(31)35-3/h4-10,13-15,23H,11-12,16H2,1-3H3,(H,29,32). The molecule has 188 valence electrons. The third kappa shape index (κ3) is 5.49. The minimum Gasteiger partial charge on any atom is -0.493 e. The van der Waals surface area contributed by atoms with Gasteiger partial charge in [-0.2, -0.15) is 0 Å². The Bertz CT molecular complexity index is 1250. The van der Waals surface area contributed by atoms with E-state index >= 15 is 0 Å². The highest BCUT2D eigenvalue weighted by atomic mass is 35.5. The highest BCUT2D eigenvalue weighted by molar-refractivity contribution is 6.30. The van der Waals surface area contributed by atoms with Crippen molar-refractivity contribution in [3.05, 3.63) is 82.4 Å². The van der Waals surface area contributed by atoms with Crippen molar-refractivity contribution in [1.82, 2.24) is 4.90 Å². The van der Waals surface area contributed by atoms with Crippen LogP contribution in [0.5, 0.6) is 17.2 Å². The number of ether oxygens (including phenoxy) is 4. The van der Waals surface area contributed by atoms with Crippen molar-refractivity contribution in [1.29, 1.82) is 0 Å². The van der Waals surface area contributed by atoms with Gasteiger partial charge in [0.25, 0.3) is 0 Å². The second-order valence-electron chi connectivity index (χ2n) is 8.13. The molecule has 0 fully saturated rings. The Morgan fingerprint density at radius 2 is 1.72 bits per heavy atom. The summed E-state index contributed by atoms with van der Waals surface area (Å²) < 4.78 is 21.8. The smallest absolute Gasteiger partial charge is 0.337 e. The maximum atomic E-state index is 13.3. The Balaban J connectivity index is 1.62. The fourth-order valence-corrected chi connectivity index (χ4v) is 4.38. The van der Waals surface area contributed by atoms with Crippen LogP contribution < -0.4 is 19.5 Å². The number of rotatable bonds is 7. The number of nitrogens with zero attached hydrogens (tertiary/aromatic N) is 1. The maximum absolute atomic E-state index is 13.3. The molecule has 1 aliphatic rings. The molecule has 8 nitrogen and oxygen atoms in total. The van der Waals surface area contributed by atoms with E-state index in [1.54, 1.807) is 67.7 Å². The van der Waals surface area contributed by atoms with Crippen LogP contribution in [0.4, 0.5) is 10.5 Å². The molecule has 3 aromatic rings. The first-order chi connectivity index (χ1) is 17.4. The van der Waals surface area contributed by atoms with Gasteiger partial charge in [0, 0.05) is 17.3 Å². The van der Waals surface area contributed by atoms with Gasteiger partial charge >= 0.3 is 12.0 Å². The largest absolute Gasteiger partial charge is 0.493 e. The van der Waals surface area contributed by atoms with Gasteiger partial charge in [0.2, 0.25) is 0 Å². The number of hydrogen-bond donors (Lipinski definition) is 1. The fraction of sp³-hybridized carbons (Fsp3) is 0.259. The number of anilines is 1. The number of benzene rings is 3. The van der Waals surface area contributed by atoms with Gasteiger partial charge in [-0.15, -0.1) is 0 Å². The second-order valence-corrected chi connectivity index (χ2v) is 8.57. The van der Waals surface area contributed by atoms with Crippen molar-refractivity contribution in [2.24, 2.45) is 0 Å². The number of amides is 2. The van der Waals surface area contributed by atoms with Gasteiger partial charge in [0.05, 0.1) is 32.9 Å². The number of nitrogens with one attached hydrogen (secondary N) is 1. The Hall–Kier alpha value is -3.91. The van der Waals surface area contributed by atoms with Crippen LogP contribution in [0.15, 0.2) is 60.7 Å². The predicted octanol–water partition coefficient (Wildman–Crippen LogP) is 5.35. The molecule has 0 saturated heterocycles. The Morgan fingerprint density at radius 1 is 1.00 bits per heavy atom. The van der Waals surface area contributed by atoms with Crippen LogP contribution in [0.3, 0.4) is 0 Å². The van der Waals surface area contributed by atoms with Crippen LogP contribution in [0.1, 0.15) is 27.5 Å². The minimum absolute atomic E-state index is 0.184. The number of carbonyl (C=O) groups is 2. The van der Waals surface area contributed by atoms with Crippen molar-refractivity contribution >= 4 is 29.3 Å². The van der Waals surface area contributed by atoms with E-state index in [1.807, 2.05) is 12.1 Å². The molecule has 9 heteroatoms. The van der Waals surface area contributed by atoms with E-state index in [-0.39, 0.29) is 12.6 Å². The van der Waals surface area contributed by atoms with Gasteiger partial charge in [0.15, 0.2) is 11.5 Å². The molecule has 0 aliphatic carbocycles. The number of esters is 1. The highest BCUT2D eigenvalue weighted by Gasteiger charge is 2.33. The summed E-state index contributed by atoms with van der Waals surface area (Å²) in [5.74, 6) is 1.34. The summed E-state index contributed by atoms with van der Waals surface area (Å²) in [6.45, 7) is 0.660. The molecule has 2 amide bonds. The van der Waals surface area contributed by atoms with Crippen LogP contribution >= 0.6 is 11.6 Å². The number of halogens is 1. The molecule has 1 N–H and O–H groups in total. The van der Waals surface area contributed by atoms with E-state index in [2.05, 4.69) is 5.32 Å². The molecule has 0 spiro atoms. The normalized spacial score (nSPS) is 14.4. The molecule has 0 bridgehead atoms. The predicted molar refractivity (Wildman–Crippen MR) is 136 cm³/mol. The molecule has 36 heavy (non-hydrogen) atoms. The molecule has 1 heterocycles. The lowest BCUT2D eigenvalue weighted by Gasteiger charge is -2.37. The van der Waals surface area contributed by atoms with E-state index in [4.69, 9.17) is 30.5 Å². The zero-order valence-electron chi connectivity index (χ0n) is 20.2. The van der Waals surface area contributed by atoms with Crippen molar-refractivity contribution in [3.63, 3.8) is 0 Å². The molecular weight excluding hydrogens is 484 g/mol. The molecule has 4 rings (SSSR count). The number of carbonyl (C=O) groups excluding carboxylic acids is 2. The molecule has 0 aromatic heterocycles. The van der Waals surface area contributed by atoms with Gasteiger partial charge in [-0.1, -0.05) is 17.7 Å². The van der Waals surface area contributed by atoms with Crippen molar-refractivity contribution in [2.45, 2.75) is 12.5 Å². The average molecular weight is 511 g/mol. The van der Waals surface area contributed by atoms with Crippen LogP contribution in [-0.2, 0) is 11.2 Å². The third-order valence-electron chi connectivity index (χ3n) is 6.02. The molecule has 0 radical (unpaired) electrons. The molecular formula is C27H27ClN2O6. The minimum atomic E-state index is -0.423. The first-order valence-electron chi connectivity index (χ1n) is 11.3. The van der Waals surface area contributed by atoms with E-state index in [0.29, 0.717) is 46.5 Å². The van der Waals surface area contributed by atoms with Crippen LogP contribution in [0.25, 0.3) is 0 Å². The molecule has 1 unspecified atom stereocenters. The van der Waals surface area contributed by atoms with Crippen molar-refractivity contribution < 1.29 is 28.5 Å². The third-order valence-corrected chi connectivity index (χ3v) is 6.26. The zero-order chi connectivity index (χ0) is 25.7. The van der Waals surface area contributed by atoms with Crippen LogP contribution in [0, 0.1) is 0 Å². The lowest BCUT2D eigenvalue weighted by molar-refractivity contribution is 0.0600. The topological polar surface area (TPSA) is 86.3 Å². The van der Waals surface area contributed by atoms with E-state index in [1.165, 1.54) is 7.11 Å². The highest BCUT2D eigenvalue weighted by Crippen LogP contribution is 2.38. The number of fused-ring (bicyclic) bond motifs is 1. The summed E-state index contributed by atoms with van der Waals surface area (Å²) in [7, 11) is 4.50. The Kier molecular flexibility index (Phi) is 7.85. The van der Waals surface area contributed by atoms with Gasteiger partial charge in [0.1, 0.15) is 12.4 Å². The fourth-order valence-electron chi connectivity index (χ4n) is 4.19. The van der Waals surface area contributed by atoms with Gasteiger partial charge < -0.3 is 29.2 Å². The second kappa shape index (κ2) is 11.2. The quantitative estimate of drug-likeness (QED) is 0.431. The van der Waals surface area contributed by atoms with Gasteiger partial charge in [-0.3, -0.25) is 0 Å². The first kappa shape index (κ1) is 25.2. The molecule has 1 atom stereocenters. The summed E-state index contributed by atoms with van der Waals surface area (Å²) in [5, 5.41) is 3.46. The maximum Gasteiger partial charge on any atom is 0.337 e. The summed E-state index contributed by atoms with van der Waals surface area (Å²) >= 11 is 6.09. The van der Waals surface area contributed by atoms with Crippen molar-refractivity contribution in [3.8, 4) is 17.2 Å². The summed E-state index contributed by atoms with van der Waals surface area (Å²) in [5.41, 5.74) is 2.98. The summed E-state index contributed by atoms with van der Waals surface area (Å²) in [6.07, 6.45) is 0.642. The average Bonchev–Trinajstić information content (AvgIpc) is 2.90. The summed E-state index contributed by atoms with van der Waals surface area (Å²) in [6, 6.07) is 16.8. The van der Waals surface area contributed by atoms with Gasteiger partial charge in [-0.25, -0.2) is 9.59 Å². The van der Waals surface area contributed by atoms with Crippen LogP contribution in [0.2, 0.25) is 5.02 Å². The summed E-state index contributed by atoms with van der Waals surface area (Å²) in [4.78, 5) is 26.8. The SMILES string of the molecule is COC(=O)c1ccc(OCC2c3cc(OC)c(OC)cc3CCN2C(=O)Nc2cccc(Cl)c2)cc1. The lowest BCUT2D eigenvalue weighted by atomic mass is 9.92. The Morgan fingerprint density at radius 3 is 2.39 bits per heavy atom. The van der Waals surface area contributed by atoms with Gasteiger partial charge in [-0.05, 0) is 72.1 Å². The zero-order valence-corrected chi connectivity index (χ0v) is 21.0.